The molecule has 0 saturated heterocycles. The Kier molecular flexibility index (Phi) is 8.25. The van der Waals surface area contributed by atoms with Crippen molar-refractivity contribution in [1.29, 1.82) is 0 Å². The van der Waals surface area contributed by atoms with Crippen molar-refractivity contribution in [2.45, 2.75) is 0 Å². The van der Waals surface area contributed by atoms with Crippen molar-refractivity contribution < 1.29 is 31.1 Å². The number of fused-ring (bicyclic) bond motifs is 7. The van der Waals surface area contributed by atoms with Crippen molar-refractivity contribution in [3.63, 3.8) is 0 Å². The molecule has 0 aliphatic carbocycles. The summed E-state index contributed by atoms with van der Waals surface area (Å²) >= 11 is 0. The molecule has 0 bridgehead atoms. The van der Waals surface area contributed by atoms with Gasteiger partial charge >= 0.3 is 31.1 Å². The van der Waals surface area contributed by atoms with E-state index in [1.165, 1.54) is 38.2 Å². The standard InChI is InChI=1S/C51H31N3.U/c1-2-12-33(13-3-1)51-41-19-5-4-14-38(41)32-48(53-51)39-17-10-15-34(28-39)35-16-11-18-40(29-35)54-49-23-9-7-21-43(49)45-31-37(25-27-50(45)54)36-24-26-47-44(30-36)42-20-6-8-22-46(42)52-47;/h1-15,17-27,29-32,52H;/q-2;+2. The molecule has 0 saturated carbocycles. The molecular weight excluding hydrogens is 893 g/mol. The fourth-order valence-electron chi connectivity index (χ4n) is 8.14. The number of pyridine rings is 1. The van der Waals surface area contributed by atoms with E-state index < -0.39 is 0 Å². The molecule has 0 atom stereocenters. The van der Waals surface area contributed by atoms with Crippen LogP contribution in [0.5, 0.6) is 0 Å². The Bertz CT molecular complexity index is 3230. The molecule has 3 nitrogen and oxygen atoms in total. The summed E-state index contributed by atoms with van der Waals surface area (Å²) in [4.78, 5) is 8.77. The number of aromatic amines is 1. The molecule has 0 amide bonds. The Morgan fingerprint density at radius 2 is 1.15 bits per heavy atom. The second-order valence-electron chi connectivity index (χ2n) is 13.9. The van der Waals surface area contributed by atoms with Crippen molar-refractivity contribution in [1.82, 2.24) is 14.5 Å². The Labute approximate surface area is 342 Å². The van der Waals surface area contributed by atoms with Gasteiger partial charge in [-0.1, -0.05) is 109 Å². The topological polar surface area (TPSA) is 33.6 Å². The average Bonchev–Trinajstić information content (AvgIpc) is 3.79. The van der Waals surface area contributed by atoms with E-state index >= 15 is 0 Å². The molecule has 0 aliphatic rings. The minimum absolute atomic E-state index is 0. The maximum Gasteiger partial charge on any atom is 2.00 e. The summed E-state index contributed by atoms with van der Waals surface area (Å²) in [5.41, 5.74) is 14.0. The van der Waals surface area contributed by atoms with Crippen molar-refractivity contribution in [2.75, 3.05) is 0 Å². The average molecular weight is 924 g/mol. The Morgan fingerprint density at radius 1 is 0.455 bits per heavy atom. The number of aromatic nitrogens is 3. The van der Waals surface area contributed by atoms with Crippen LogP contribution in [-0.2, 0) is 0 Å². The van der Waals surface area contributed by atoms with Crippen molar-refractivity contribution in [2.24, 2.45) is 0 Å². The molecule has 3 aromatic heterocycles. The van der Waals surface area contributed by atoms with Crippen LogP contribution in [0.3, 0.4) is 0 Å². The molecule has 8 aromatic carbocycles. The Balaban J connectivity index is 0.00000372. The minimum Gasteiger partial charge on any atom is -0.355 e. The monoisotopic (exact) mass is 923 g/mol. The summed E-state index contributed by atoms with van der Waals surface area (Å²) in [7, 11) is 0. The maximum absolute atomic E-state index is 5.21. The Morgan fingerprint density at radius 3 is 2.04 bits per heavy atom. The third kappa shape index (κ3) is 5.69. The van der Waals surface area contributed by atoms with Gasteiger partial charge in [0, 0.05) is 43.7 Å². The van der Waals surface area contributed by atoms with Gasteiger partial charge in [-0.3, -0.25) is 4.98 Å². The van der Waals surface area contributed by atoms with Crippen LogP contribution in [0.4, 0.5) is 0 Å². The number of H-pyrrole nitrogens is 1. The molecular formula is C51H31N3U. The van der Waals surface area contributed by atoms with Crippen LogP contribution in [0.2, 0.25) is 0 Å². The third-order valence-corrected chi connectivity index (χ3v) is 10.7. The van der Waals surface area contributed by atoms with Crippen LogP contribution in [0, 0.1) is 43.2 Å². The van der Waals surface area contributed by atoms with E-state index in [9.17, 15) is 0 Å². The summed E-state index contributed by atoms with van der Waals surface area (Å²) in [6.07, 6.45) is 0. The molecule has 1 N–H and O–H groups in total. The van der Waals surface area contributed by atoms with Gasteiger partial charge in [0.15, 0.2) is 0 Å². The Hall–Kier alpha value is -6.18. The van der Waals surface area contributed by atoms with E-state index in [-0.39, 0.29) is 31.1 Å². The van der Waals surface area contributed by atoms with Crippen molar-refractivity contribution in [3.05, 3.63) is 194 Å². The van der Waals surface area contributed by atoms with Crippen LogP contribution < -0.4 is 0 Å². The first-order valence-corrected chi connectivity index (χ1v) is 18.3. The normalized spacial score (nSPS) is 11.5. The van der Waals surface area contributed by atoms with E-state index in [2.05, 4.69) is 192 Å². The van der Waals surface area contributed by atoms with E-state index in [0.717, 1.165) is 66.7 Å². The fraction of sp³-hybridized carbons (Fsp3) is 0. The molecule has 0 unspecified atom stereocenters. The van der Waals surface area contributed by atoms with Gasteiger partial charge in [0.2, 0.25) is 0 Å². The number of rotatable bonds is 5. The summed E-state index contributed by atoms with van der Waals surface area (Å²) in [6, 6.07) is 71.8. The van der Waals surface area contributed by atoms with Crippen LogP contribution >= 0.6 is 0 Å². The summed E-state index contributed by atoms with van der Waals surface area (Å²) in [5, 5.41) is 7.23. The zero-order valence-electron chi connectivity index (χ0n) is 29.7. The molecule has 11 rings (SSSR count). The van der Waals surface area contributed by atoms with Gasteiger partial charge in [-0.2, -0.15) is 35.9 Å². The number of benzene rings is 8. The largest absolute Gasteiger partial charge is 2.00 e. The molecule has 3 heterocycles. The molecule has 0 aliphatic heterocycles. The zero-order valence-corrected chi connectivity index (χ0v) is 33.9. The molecule has 0 radical (unpaired) electrons. The molecule has 254 valence electrons. The van der Waals surface area contributed by atoms with Gasteiger partial charge in [-0.05, 0) is 64.2 Å². The van der Waals surface area contributed by atoms with Gasteiger partial charge < -0.3 is 9.55 Å². The molecule has 4 heteroatoms. The number of nitrogens with zero attached hydrogens (tertiary/aromatic N) is 2. The van der Waals surface area contributed by atoms with Crippen molar-refractivity contribution >= 4 is 54.4 Å². The third-order valence-electron chi connectivity index (χ3n) is 10.7. The van der Waals surface area contributed by atoms with E-state index in [1.807, 2.05) is 12.1 Å². The fourth-order valence-corrected chi connectivity index (χ4v) is 8.14. The molecule has 11 aromatic rings. The second kappa shape index (κ2) is 13.6. The summed E-state index contributed by atoms with van der Waals surface area (Å²) in [6.45, 7) is 0. The number of nitrogens with one attached hydrogen (secondary N) is 1. The van der Waals surface area contributed by atoms with Gasteiger partial charge in [0.05, 0.1) is 16.7 Å². The van der Waals surface area contributed by atoms with Gasteiger partial charge in [-0.25, -0.2) is 5.56 Å². The summed E-state index contributed by atoms with van der Waals surface area (Å²) < 4.78 is 2.37. The van der Waals surface area contributed by atoms with Gasteiger partial charge in [-0.15, -0.1) is 23.8 Å². The van der Waals surface area contributed by atoms with Gasteiger partial charge in [0.1, 0.15) is 0 Å². The number of hydrogen-bond acceptors (Lipinski definition) is 1. The smallest absolute Gasteiger partial charge is 0.355 e. The predicted molar refractivity (Wildman–Crippen MR) is 225 cm³/mol. The van der Waals surface area contributed by atoms with Crippen molar-refractivity contribution in [3.8, 4) is 50.5 Å². The number of hydrogen-bond donors (Lipinski definition) is 1. The summed E-state index contributed by atoms with van der Waals surface area (Å²) in [5.74, 6) is 0. The first-order chi connectivity index (χ1) is 26.7. The van der Waals surface area contributed by atoms with Crippen LogP contribution in [-0.4, -0.2) is 14.5 Å². The number of para-hydroxylation sites is 2. The van der Waals surface area contributed by atoms with Gasteiger partial charge in [0.25, 0.3) is 0 Å². The zero-order chi connectivity index (χ0) is 35.6. The quantitative estimate of drug-likeness (QED) is 0.171. The predicted octanol–water partition coefficient (Wildman–Crippen LogP) is 13.2. The maximum atomic E-state index is 5.21. The SMILES string of the molecule is [U+2].[c-]1ccc(-n2c3ccccc3c3cc(-c4ccc5[nH]c6ccccc6c5c4)ccc32)cc1-c1[c-]c(-c2cc3ccccc3c(-c3ccccc3)n2)ccc1. The van der Waals surface area contributed by atoms with E-state index in [0.29, 0.717) is 0 Å². The molecule has 0 spiro atoms. The minimum atomic E-state index is 0. The van der Waals surface area contributed by atoms with Crippen LogP contribution in [0.15, 0.2) is 182 Å². The molecule has 55 heavy (non-hydrogen) atoms. The first-order valence-electron chi connectivity index (χ1n) is 18.3. The van der Waals surface area contributed by atoms with Crippen LogP contribution in [0.25, 0.3) is 105 Å². The van der Waals surface area contributed by atoms with Crippen LogP contribution in [0.1, 0.15) is 0 Å². The second-order valence-corrected chi connectivity index (χ2v) is 13.9. The van der Waals surface area contributed by atoms with E-state index in [1.54, 1.807) is 0 Å². The first kappa shape index (κ1) is 33.4. The molecule has 0 fully saturated rings. The van der Waals surface area contributed by atoms with E-state index in [4.69, 9.17) is 4.98 Å².